The number of nitrogen functional groups attached to an aromatic ring is 1. The molecule has 0 aliphatic carbocycles. The highest BCUT2D eigenvalue weighted by molar-refractivity contribution is 7.84. The van der Waals surface area contributed by atoms with E-state index in [1.54, 1.807) is 11.3 Å². The van der Waals surface area contributed by atoms with Gasteiger partial charge in [-0.2, -0.15) is 0 Å². The number of hydrogen-bond donors (Lipinski definition) is 5. The first-order valence-electron chi connectivity index (χ1n) is 6.61. The largest absolute Gasteiger partial charge is 0.399 e. The van der Waals surface area contributed by atoms with Crippen LogP contribution < -0.4 is 22.0 Å². The zero-order chi connectivity index (χ0) is 15.5. The molecule has 1 heterocycles. The van der Waals surface area contributed by atoms with E-state index in [2.05, 4.69) is 28.9 Å². The monoisotopic (exact) mass is 329 g/mol. The Bertz CT molecular complexity index is 710. The normalized spacial score (nSPS) is 14.8. The van der Waals surface area contributed by atoms with Crippen molar-refractivity contribution in [1.29, 1.82) is 0 Å². The van der Waals surface area contributed by atoms with Crippen molar-refractivity contribution < 1.29 is 0 Å². The second-order valence-electron chi connectivity index (χ2n) is 4.76. The van der Waals surface area contributed by atoms with Crippen molar-refractivity contribution in [3.63, 3.8) is 0 Å². The molecule has 112 valence electrons. The van der Waals surface area contributed by atoms with Crippen LogP contribution in [-0.2, 0) is 0 Å². The number of thiol groups is 1. The van der Waals surface area contributed by atoms with E-state index < -0.39 is 0 Å². The molecule has 0 saturated heterocycles. The van der Waals surface area contributed by atoms with Crippen molar-refractivity contribution in [3.8, 4) is 11.1 Å². The van der Waals surface area contributed by atoms with Crippen LogP contribution in [-0.4, -0.2) is 10.2 Å². The highest BCUT2D eigenvalue weighted by Crippen LogP contribution is 2.22. The molecular formula is C15H15N5S2. The number of rotatable bonds is 3. The molecule has 2 aromatic rings. The minimum absolute atomic E-state index is 0.578. The predicted molar refractivity (Wildman–Crippen MR) is 97.7 cm³/mol. The van der Waals surface area contributed by atoms with Gasteiger partial charge in [-0.25, -0.2) is 0 Å². The van der Waals surface area contributed by atoms with Crippen molar-refractivity contribution in [2.45, 2.75) is 0 Å². The summed E-state index contributed by atoms with van der Waals surface area (Å²) in [5.41, 5.74) is 18.7. The molecule has 0 atom stereocenters. The Morgan fingerprint density at radius 1 is 0.955 bits per heavy atom. The van der Waals surface area contributed by atoms with Gasteiger partial charge in [0, 0.05) is 11.8 Å². The van der Waals surface area contributed by atoms with Gasteiger partial charge >= 0.3 is 0 Å². The molecule has 0 bridgehead atoms. The Morgan fingerprint density at radius 2 is 1.55 bits per heavy atom. The summed E-state index contributed by atoms with van der Waals surface area (Å²) >= 11 is 9.35. The Hall–Kier alpha value is -2.22. The molecule has 3 rings (SSSR count). The molecular weight excluding hydrogens is 314 g/mol. The Balaban J connectivity index is 1.71. The Kier molecular flexibility index (Phi) is 4.19. The van der Waals surface area contributed by atoms with E-state index in [-0.39, 0.29) is 0 Å². The summed E-state index contributed by atoms with van der Waals surface area (Å²) in [6.07, 6.45) is 1.72. The van der Waals surface area contributed by atoms with E-state index in [1.807, 2.05) is 48.5 Å². The van der Waals surface area contributed by atoms with E-state index in [9.17, 15) is 0 Å². The van der Waals surface area contributed by atoms with E-state index in [0.717, 1.165) is 22.5 Å². The van der Waals surface area contributed by atoms with Gasteiger partial charge in [-0.3, -0.25) is 16.3 Å². The SMILES string of the molecule is Nc1ccc(-c2ccc(NN3NC(=S)C=C(S)N3)cc2)cc1. The lowest BCUT2D eigenvalue weighted by molar-refractivity contribution is 0.225. The van der Waals surface area contributed by atoms with Gasteiger partial charge in [0.2, 0.25) is 0 Å². The van der Waals surface area contributed by atoms with Crippen LogP contribution in [0.25, 0.3) is 11.1 Å². The van der Waals surface area contributed by atoms with E-state index >= 15 is 0 Å². The summed E-state index contributed by atoms with van der Waals surface area (Å²) in [5.74, 6) is 0. The van der Waals surface area contributed by atoms with Crippen molar-refractivity contribution in [2.75, 3.05) is 11.2 Å². The first kappa shape index (κ1) is 14.7. The lowest BCUT2D eigenvalue weighted by Gasteiger charge is -2.29. The molecule has 1 aliphatic rings. The molecule has 0 spiro atoms. The van der Waals surface area contributed by atoms with Crippen LogP contribution in [0, 0.1) is 0 Å². The van der Waals surface area contributed by atoms with E-state index in [4.69, 9.17) is 18.0 Å². The summed E-state index contributed by atoms with van der Waals surface area (Å²) in [5, 5.41) is 2.22. The molecule has 0 aromatic heterocycles. The number of benzene rings is 2. The second kappa shape index (κ2) is 6.27. The molecule has 0 radical (unpaired) electrons. The molecule has 0 fully saturated rings. The summed E-state index contributed by atoms with van der Waals surface area (Å²) in [7, 11) is 0. The van der Waals surface area contributed by atoms with Gasteiger partial charge in [0.25, 0.3) is 0 Å². The van der Waals surface area contributed by atoms with Crippen LogP contribution in [0.4, 0.5) is 11.4 Å². The lowest BCUT2D eigenvalue weighted by Crippen LogP contribution is -2.55. The maximum Gasteiger partial charge on any atom is 0.119 e. The minimum Gasteiger partial charge on any atom is -0.399 e. The molecule has 5 N–H and O–H groups in total. The van der Waals surface area contributed by atoms with Gasteiger partial charge in [0.1, 0.15) is 4.99 Å². The number of thiocarbonyl (C=S) groups is 1. The maximum atomic E-state index is 5.70. The van der Waals surface area contributed by atoms with Gasteiger partial charge in [-0.1, -0.05) is 36.5 Å². The predicted octanol–water partition coefficient (Wildman–Crippen LogP) is 2.69. The van der Waals surface area contributed by atoms with Crippen LogP contribution in [0.2, 0.25) is 0 Å². The minimum atomic E-state index is 0.578. The van der Waals surface area contributed by atoms with Crippen LogP contribution in [0.15, 0.2) is 59.6 Å². The quantitative estimate of drug-likeness (QED) is 0.339. The number of nitrogens with one attached hydrogen (secondary N) is 3. The molecule has 0 saturated carbocycles. The molecule has 0 unspecified atom stereocenters. The maximum absolute atomic E-state index is 5.70. The fourth-order valence-electron chi connectivity index (χ4n) is 2.04. The first-order chi connectivity index (χ1) is 10.6. The van der Waals surface area contributed by atoms with Crippen LogP contribution in [0.5, 0.6) is 0 Å². The van der Waals surface area contributed by atoms with Gasteiger partial charge in [0.15, 0.2) is 0 Å². The summed E-state index contributed by atoms with van der Waals surface area (Å²) in [6.45, 7) is 0. The lowest BCUT2D eigenvalue weighted by atomic mass is 10.1. The summed E-state index contributed by atoms with van der Waals surface area (Å²) in [4.78, 5) is 0.578. The number of nitrogens with two attached hydrogens (primary N) is 1. The molecule has 22 heavy (non-hydrogen) atoms. The van der Waals surface area contributed by atoms with Gasteiger partial charge in [0.05, 0.1) is 10.7 Å². The number of hydrazine groups is 3. The molecule has 0 amide bonds. The van der Waals surface area contributed by atoms with Crippen molar-refractivity contribution in [3.05, 3.63) is 59.6 Å². The third-order valence-electron chi connectivity index (χ3n) is 3.09. The topological polar surface area (TPSA) is 65.3 Å². The average Bonchev–Trinajstić information content (AvgIpc) is 2.48. The van der Waals surface area contributed by atoms with Crippen LogP contribution >= 0.6 is 24.8 Å². The molecule has 1 aliphatic heterocycles. The molecule has 5 nitrogen and oxygen atoms in total. The van der Waals surface area contributed by atoms with Crippen LogP contribution in [0.1, 0.15) is 0 Å². The van der Waals surface area contributed by atoms with Crippen molar-refractivity contribution >= 4 is 41.2 Å². The van der Waals surface area contributed by atoms with Crippen molar-refractivity contribution in [1.82, 2.24) is 16.1 Å². The standard InChI is InChI=1S/C15H15N5S2/c16-12-5-1-10(2-6-12)11-3-7-13(8-4-11)17-20-18-14(21)9-15(22)19-20/h1-9,17-18,21H,16H2,(H,19,22). The summed E-state index contributed by atoms with van der Waals surface area (Å²) in [6, 6.07) is 15.8. The fraction of sp³-hybridized carbons (Fsp3) is 0. The Labute approximate surface area is 139 Å². The van der Waals surface area contributed by atoms with Gasteiger partial charge in [-0.05, 0) is 40.6 Å². The van der Waals surface area contributed by atoms with Gasteiger partial charge < -0.3 is 5.73 Å². The van der Waals surface area contributed by atoms with Crippen molar-refractivity contribution in [2.24, 2.45) is 0 Å². The third-order valence-corrected chi connectivity index (χ3v) is 3.52. The van der Waals surface area contributed by atoms with E-state index in [1.165, 1.54) is 0 Å². The molecule has 7 heteroatoms. The first-order valence-corrected chi connectivity index (χ1v) is 7.46. The number of anilines is 2. The smallest absolute Gasteiger partial charge is 0.119 e. The summed E-state index contributed by atoms with van der Waals surface area (Å²) < 4.78 is 0. The number of hydrogen-bond acceptors (Lipinski definition) is 6. The fourth-order valence-corrected chi connectivity index (χ4v) is 2.56. The van der Waals surface area contributed by atoms with E-state index in [0.29, 0.717) is 10.0 Å². The third kappa shape index (κ3) is 3.51. The average molecular weight is 329 g/mol. The highest BCUT2D eigenvalue weighted by Gasteiger charge is 2.11. The van der Waals surface area contributed by atoms with Gasteiger partial charge in [-0.15, -0.1) is 12.6 Å². The zero-order valence-corrected chi connectivity index (χ0v) is 13.3. The highest BCUT2D eigenvalue weighted by atomic mass is 32.1. The second-order valence-corrected chi connectivity index (χ2v) is 5.69. The Morgan fingerprint density at radius 3 is 2.14 bits per heavy atom. The zero-order valence-electron chi connectivity index (χ0n) is 11.6. The van der Waals surface area contributed by atoms with Crippen LogP contribution in [0.3, 0.4) is 0 Å². The molecule has 2 aromatic carbocycles. The number of nitrogens with zero attached hydrogens (tertiary/aromatic N) is 1.